The monoisotopic (exact) mass is 362 g/mol. The summed E-state index contributed by atoms with van der Waals surface area (Å²) < 4.78 is 15.2. The first-order valence-electron chi connectivity index (χ1n) is 4.49. The van der Waals surface area contributed by atoms with E-state index in [0.717, 1.165) is 5.56 Å². The van der Waals surface area contributed by atoms with Crippen LogP contribution in [0.5, 0.6) is 0 Å². The van der Waals surface area contributed by atoms with E-state index in [-0.39, 0.29) is 5.82 Å². The second-order valence-corrected chi connectivity index (χ2v) is 5.25. The van der Waals surface area contributed by atoms with E-state index in [1.807, 2.05) is 6.07 Å². The lowest BCUT2D eigenvalue weighted by Gasteiger charge is -2.09. The van der Waals surface area contributed by atoms with E-state index >= 15 is 0 Å². The maximum absolute atomic E-state index is 13.8. The molecule has 2 rings (SSSR count). The van der Waals surface area contributed by atoms with Crippen molar-refractivity contribution in [2.24, 2.45) is 0 Å². The Kier molecular flexibility index (Phi) is 3.67. The molecule has 0 spiro atoms. The Labute approximate surface area is 115 Å². The van der Waals surface area contributed by atoms with Crippen LogP contribution < -0.4 is 0 Å². The highest BCUT2D eigenvalue weighted by Gasteiger charge is 2.13. The van der Waals surface area contributed by atoms with Crippen LogP contribution in [0.2, 0.25) is 5.02 Å². The Bertz CT molecular complexity index is 520. The highest BCUT2D eigenvalue weighted by atomic mass is 79.9. The van der Waals surface area contributed by atoms with E-state index in [9.17, 15) is 4.39 Å². The smallest absolute Gasteiger partial charge is 0.132 e. The SMILES string of the molecule is Fc1cccc(Br)c1-c1cccc(Cl)c1Br. The van der Waals surface area contributed by atoms with Gasteiger partial charge >= 0.3 is 0 Å². The minimum Gasteiger partial charge on any atom is -0.206 e. The Morgan fingerprint density at radius 1 is 1.00 bits per heavy atom. The van der Waals surface area contributed by atoms with Gasteiger partial charge in [-0.05, 0) is 34.1 Å². The van der Waals surface area contributed by atoms with Gasteiger partial charge in [-0.2, -0.15) is 0 Å². The predicted octanol–water partition coefficient (Wildman–Crippen LogP) is 5.67. The minimum atomic E-state index is -0.280. The van der Waals surface area contributed by atoms with Crippen molar-refractivity contribution in [1.82, 2.24) is 0 Å². The molecule has 0 saturated heterocycles. The fourth-order valence-corrected chi connectivity index (χ4v) is 2.64. The molecular formula is C12H6Br2ClF. The van der Waals surface area contributed by atoms with Gasteiger partial charge in [0.2, 0.25) is 0 Å². The van der Waals surface area contributed by atoms with Gasteiger partial charge in [-0.25, -0.2) is 4.39 Å². The van der Waals surface area contributed by atoms with Gasteiger partial charge in [0.05, 0.1) is 5.02 Å². The van der Waals surface area contributed by atoms with Crippen molar-refractivity contribution in [3.8, 4) is 11.1 Å². The van der Waals surface area contributed by atoms with Crippen molar-refractivity contribution in [3.63, 3.8) is 0 Å². The maximum Gasteiger partial charge on any atom is 0.132 e. The van der Waals surface area contributed by atoms with Gasteiger partial charge < -0.3 is 0 Å². The van der Waals surface area contributed by atoms with Crippen LogP contribution in [0, 0.1) is 5.82 Å². The fourth-order valence-electron chi connectivity index (χ4n) is 1.45. The van der Waals surface area contributed by atoms with Gasteiger partial charge in [-0.3, -0.25) is 0 Å². The first-order valence-corrected chi connectivity index (χ1v) is 6.46. The molecule has 0 N–H and O–H groups in total. The molecule has 0 radical (unpaired) electrons. The summed E-state index contributed by atoms with van der Waals surface area (Å²) in [4.78, 5) is 0. The molecule has 0 amide bonds. The number of halogens is 4. The zero-order valence-electron chi connectivity index (χ0n) is 7.98. The van der Waals surface area contributed by atoms with Gasteiger partial charge in [0.15, 0.2) is 0 Å². The zero-order chi connectivity index (χ0) is 11.7. The number of rotatable bonds is 1. The summed E-state index contributed by atoms with van der Waals surface area (Å²) in [7, 11) is 0. The van der Waals surface area contributed by atoms with Gasteiger partial charge in [0.1, 0.15) is 5.82 Å². The highest BCUT2D eigenvalue weighted by Crippen LogP contribution is 2.38. The minimum absolute atomic E-state index is 0.280. The zero-order valence-corrected chi connectivity index (χ0v) is 11.9. The van der Waals surface area contributed by atoms with Crippen molar-refractivity contribution in [1.29, 1.82) is 0 Å². The van der Waals surface area contributed by atoms with E-state index in [2.05, 4.69) is 31.9 Å². The molecule has 0 nitrogen and oxygen atoms in total. The summed E-state index contributed by atoms with van der Waals surface area (Å²) in [6.07, 6.45) is 0. The Morgan fingerprint density at radius 3 is 2.38 bits per heavy atom. The third kappa shape index (κ3) is 2.17. The normalized spacial score (nSPS) is 10.5. The Hall–Kier alpha value is -0.380. The average Bonchev–Trinajstić information content (AvgIpc) is 2.24. The van der Waals surface area contributed by atoms with Crippen LogP contribution in [0.4, 0.5) is 4.39 Å². The topological polar surface area (TPSA) is 0 Å². The van der Waals surface area contributed by atoms with Crippen molar-refractivity contribution in [2.45, 2.75) is 0 Å². The molecular weight excluding hydrogens is 358 g/mol. The molecule has 0 aliphatic heterocycles. The van der Waals surface area contributed by atoms with Crippen molar-refractivity contribution in [2.75, 3.05) is 0 Å². The molecule has 0 bridgehead atoms. The highest BCUT2D eigenvalue weighted by molar-refractivity contribution is 9.11. The van der Waals surface area contributed by atoms with Crippen LogP contribution >= 0.6 is 43.5 Å². The summed E-state index contributed by atoms with van der Waals surface area (Å²) in [5, 5.41) is 0.563. The summed E-state index contributed by atoms with van der Waals surface area (Å²) in [6, 6.07) is 10.2. The fraction of sp³-hybridized carbons (Fsp3) is 0. The van der Waals surface area contributed by atoms with Gasteiger partial charge in [-0.15, -0.1) is 0 Å². The van der Waals surface area contributed by atoms with E-state index < -0.39 is 0 Å². The van der Waals surface area contributed by atoms with Crippen LogP contribution in [-0.4, -0.2) is 0 Å². The molecule has 0 unspecified atom stereocenters. The molecule has 4 heteroatoms. The largest absolute Gasteiger partial charge is 0.206 e. The van der Waals surface area contributed by atoms with Gasteiger partial charge in [0.25, 0.3) is 0 Å². The third-order valence-corrected chi connectivity index (χ3v) is 4.24. The van der Waals surface area contributed by atoms with Crippen molar-refractivity contribution in [3.05, 3.63) is 56.2 Å². The molecule has 0 saturated carbocycles. The Morgan fingerprint density at radius 2 is 1.69 bits per heavy atom. The lowest BCUT2D eigenvalue weighted by Crippen LogP contribution is -1.87. The second-order valence-electron chi connectivity index (χ2n) is 3.20. The first kappa shape index (κ1) is 12.1. The summed E-state index contributed by atoms with van der Waals surface area (Å²) in [5.74, 6) is -0.280. The van der Waals surface area contributed by atoms with Gasteiger partial charge in [-0.1, -0.05) is 45.7 Å². The standard InChI is InChI=1S/C12H6Br2ClF/c13-8-4-2-6-10(16)11(8)7-3-1-5-9(15)12(7)14/h1-6H. The molecule has 82 valence electrons. The number of benzene rings is 2. The van der Waals surface area contributed by atoms with Crippen molar-refractivity contribution >= 4 is 43.5 Å². The molecule has 0 atom stereocenters. The molecule has 0 aliphatic rings. The van der Waals surface area contributed by atoms with Gasteiger partial charge in [0, 0.05) is 20.1 Å². The molecule has 0 fully saturated rings. The Balaban J connectivity index is 2.73. The van der Waals surface area contributed by atoms with Crippen LogP contribution in [0.15, 0.2) is 45.3 Å². The molecule has 2 aromatic carbocycles. The molecule has 0 aromatic heterocycles. The van der Waals surface area contributed by atoms with Crippen LogP contribution in [0.1, 0.15) is 0 Å². The third-order valence-electron chi connectivity index (χ3n) is 2.18. The number of hydrogen-bond donors (Lipinski definition) is 0. The lowest BCUT2D eigenvalue weighted by atomic mass is 10.1. The molecule has 16 heavy (non-hydrogen) atoms. The maximum atomic E-state index is 13.8. The average molecular weight is 364 g/mol. The summed E-state index contributed by atoms with van der Waals surface area (Å²) in [6.45, 7) is 0. The van der Waals surface area contributed by atoms with E-state index in [4.69, 9.17) is 11.6 Å². The molecule has 0 heterocycles. The van der Waals surface area contributed by atoms with E-state index in [0.29, 0.717) is 19.5 Å². The lowest BCUT2D eigenvalue weighted by molar-refractivity contribution is 0.630. The second kappa shape index (κ2) is 4.86. The molecule has 0 aliphatic carbocycles. The summed E-state index contributed by atoms with van der Waals surface area (Å²) in [5.41, 5.74) is 1.24. The van der Waals surface area contributed by atoms with E-state index in [1.54, 1.807) is 24.3 Å². The van der Waals surface area contributed by atoms with Crippen molar-refractivity contribution < 1.29 is 4.39 Å². The van der Waals surface area contributed by atoms with Crippen LogP contribution in [0.25, 0.3) is 11.1 Å². The quantitative estimate of drug-likeness (QED) is 0.611. The first-order chi connectivity index (χ1) is 7.61. The van der Waals surface area contributed by atoms with Crippen LogP contribution in [0.3, 0.4) is 0 Å². The van der Waals surface area contributed by atoms with E-state index in [1.165, 1.54) is 6.07 Å². The van der Waals surface area contributed by atoms with Crippen LogP contribution in [-0.2, 0) is 0 Å². The summed E-state index contributed by atoms with van der Waals surface area (Å²) >= 11 is 12.7. The number of hydrogen-bond acceptors (Lipinski definition) is 0. The molecule has 2 aromatic rings. The predicted molar refractivity (Wildman–Crippen MR) is 72.2 cm³/mol.